The molecule has 0 radical (unpaired) electrons. The molecule has 3 heterocycles. The van der Waals surface area contributed by atoms with Crippen LogP contribution >= 0.6 is 0 Å². The molecule has 3 nitrogen and oxygen atoms in total. The van der Waals surface area contributed by atoms with Crippen LogP contribution in [0.3, 0.4) is 0 Å². The molecule has 0 saturated carbocycles. The maximum atomic E-state index is 2.67. The largest absolute Gasteiger partial charge is 0.311 e. The summed E-state index contributed by atoms with van der Waals surface area (Å²) < 4.78 is 2.48. The third-order valence-corrected chi connectivity index (χ3v) is 14.5. The minimum atomic E-state index is -0.0649. The number of hydrogen-bond acceptors (Lipinski definition) is 2. The Morgan fingerprint density at radius 2 is 0.848 bits per heavy atom. The number of para-hydroxylation sites is 2. The van der Waals surface area contributed by atoms with Gasteiger partial charge in [0.25, 0.3) is 6.71 Å². The van der Waals surface area contributed by atoms with Gasteiger partial charge in [-0.3, -0.25) is 0 Å². The van der Waals surface area contributed by atoms with E-state index in [0.29, 0.717) is 0 Å². The Labute approximate surface area is 395 Å². The standard InChI is InChI=1S/C62H68BN3/c1-58(2,3)39-28-30-51-49(38-39)63-48-29-31-52-55(47-24-19-20-25-50(47)64(52)44-22-17-16-18-23-44)57(48)66(46-36-42(61(10,11)12)33-43(37-46)62(13,14)15)54-27-21-26-53(56(54)63)65(51)45-34-40(59(4,5)6)32-41(35-45)60(7,8)9/h16-38H,1-15H3. The van der Waals surface area contributed by atoms with E-state index in [9.17, 15) is 0 Å². The highest BCUT2D eigenvalue weighted by Crippen LogP contribution is 2.50. The molecule has 66 heavy (non-hydrogen) atoms. The van der Waals surface area contributed by atoms with Gasteiger partial charge in [0.2, 0.25) is 0 Å². The first-order chi connectivity index (χ1) is 30.9. The van der Waals surface area contributed by atoms with Crippen molar-refractivity contribution in [3.63, 3.8) is 0 Å². The van der Waals surface area contributed by atoms with Crippen LogP contribution in [-0.2, 0) is 27.1 Å². The topological polar surface area (TPSA) is 11.4 Å². The zero-order valence-corrected chi connectivity index (χ0v) is 42.2. The summed E-state index contributed by atoms with van der Waals surface area (Å²) in [4.78, 5) is 5.28. The monoisotopic (exact) mass is 866 g/mol. The fourth-order valence-corrected chi connectivity index (χ4v) is 10.6. The van der Waals surface area contributed by atoms with E-state index in [0.717, 1.165) is 0 Å². The summed E-state index contributed by atoms with van der Waals surface area (Å²) in [5.41, 5.74) is 21.5. The van der Waals surface area contributed by atoms with E-state index >= 15 is 0 Å². The molecule has 0 fully saturated rings. The van der Waals surface area contributed by atoms with Crippen LogP contribution in [0, 0.1) is 0 Å². The number of hydrogen-bond donors (Lipinski definition) is 0. The highest BCUT2D eigenvalue weighted by Gasteiger charge is 2.45. The van der Waals surface area contributed by atoms with Crippen molar-refractivity contribution in [2.45, 2.75) is 131 Å². The third kappa shape index (κ3) is 7.09. The molecule has 1 aromatic heterocycles. The van der Waals surface area contributed by atoms with Gasteiger partial charge < -0.3 is 14.4 Å². The van der Waals surface area contributed by atoms with Gasteiger partial charge in [-0.2, -0.15) is 0 Å². The molecule has 2 aliphatic rings. The number of anilines is 6. The fourth-order valence-electron chi connectivity index (χ4n) is 10.6. The molecule has 0 bridgehead atoms. The van der Waals surface area contributed by atoms with E-state index in [1.54, 1.807) is 0 Å². The molecule has 4 heteroatoms. The quantitative estimate of drug-likeness (QED) is 0.164. The van der Waals surface area contributed by atoms with Crippen LogP contribution in [0.5, 0.6) is 0 Å². The smallest absolute Gasteiger partial charge is 0.252 e. The van der Waals surface area contributed by atoms with Crippen molar-refractivity contribution < 1.29 is 0 Å². The molecule has 0 aliphatic carbocycles. The number of aromatic nitrogens is 1. The Morgan fingerprint density at radius 1 is 0.348 bits per heavy atom. The fraction of sp³-hybridized carbons (Fsp3) is 0.323. The molecular weight excluding hydrogens is 798 g/mol. The van der Waals surface area contributed by atoms with Crippen LogP contribution in [0.25, 0.3) is 27.5 Å². The zero-order chi connectivity index (χ0) is 47.0. The van der Waals surface area contributed by atoms with Crippen LogP contribution < -0.4 is 26.2 Å². The Balaban J connectivity index is 1.38. The minimum absolute atomic E-state index is 0.0139. The van der Waals surface area contributed by atoms with Crippen molar-refractivity contribution in [2.24, 2.45) is 0 Å². The maximum absolute atomic E-state index is 2.67. The van der Waals surface area contributed by atoms with Gasteiger partial charge in [0.15, 0.2) is 0 Å². The van der Waals surface area contributed by atoms with Gasteiger partial charge in [0.1, 0.15) is 0 Å². The summed E-state index contributed by atoms with van der Waals surface area (Å²) in [5, 5.41) is 2.54. The molecule has 8 aromatic rings. The van der Waals surface area contributed by atoms with Crippen LogP contribution in [0.4, 0.5) is 34.1 Å². The van der Waals surface area contributed by atoms with Crippen LogP contribution in [0.15, 0.2) is 140 Å². The average molecular weight is 866 g/mol. The molecular formula is C62H68BN3. The van der Waals surface area contributed by atoms with Crippen molar-refractivity contribution >= 4 is 79.0 Å². The molecule has 0 unspecified atom stereocenters. The number of nitrogens with zero attached hydrogens (tertiary/aromatic N) is 3. The van der Waals surface area contributed by atoms with Gasteiger partial charge >= 0.3 is 0 Å². The van der Waals surface area contributed by atoms with Crippen molar-refractivity contribution in [1.82, 2.24) is 4.57 Å². The summed E-state index contributed by atoms with van der Waals surface area (Å²) in [6.45, 7) is 35.3. The molecule has 0 atom stereocenters. The maximum Gasteiger partial charge on any atom is 0.252 e. The lowest BCUT2D eigenvalue weighted by Gasteiger charge is -2.45. The highest BCUT2D eigenvalue weighted by molar-refractivity contribution is 7.00. The lowest BCUT2D eigenvalue weighted by atomic mass is 9.33. The number of benzene rings is 7. The normalized spacial score (nSPS) is 14.2. The Kier molecular flexibility index (Phi) is 9.81. The highest BCUT2D eigenvalue weighted by atomic mass is 15.2. The van der Waals surface area contributed by atoms with Gasteiger partial charge in [-0.25, -0.2) is 0 Å². The van der Waals surface area contributed by atoms with Crippen LogP contribution in [0.1, 0.15) is 132 Å². The van der Waals surface area contributed by atoms with Gasteiger partial charge in [-0.1, -0.05) is 177 Å². The lowest BCUT2D eigenvalue weighted by molar-refractivity contribution is 0.568. The second kappa shape index (κ2) is 14.8. The van der Waals surface area contributed by atoms with Gasteiger partial charge in [-0.05, 0) is 138 Å². The first-order valence-corrected chi connectivity index (χ1v) is 24.2. The van der Waals surface area contributed by atoms with E-state index in [4.69, 9.17) is 0 Å². The van der Waals surface area contributed by atoms with Crippen molar-refractivity contribution in [3.05, 3.63) is 167 Å². The van der Waals surface area contributed by atoms with Crippen LogP contribution in [-0.4, -0.2) is 11.3 Å². The van der Waals surface area contributed by atoms with Crippen molar-refractivity contribution in [2.75, 3.05) is 9.80 Å². The molecule has 0 N–H and O–H groups in total. The molecule has 0 saturated heterocycles. The Hall–Kier alpha value is -6.00. The molecule has 10 rings (SSSR count). The Bertz CT molecular complexity index is 3160. The zero-order valence-electron chi connectivity index (χ0n) is 42.2. The molecule has 2 aliphatic heterocycles. The lowest BCUT2D eigenvalue weighted by Crippen LogP contribution is -2.61. The third-order valence-electron chi connectivity index (χ3n) is 14.5. The average Bonchev–Trinajstić information content (AvgIpc) is 3.59. The number of fused-ring (bicyclic) bond motifs is 8. The Morgan fingerprint density at radius 3 is 1.39 bits per heavy atom. The van der Waals surface area contributed by atoms with E-state index in [-0.39, 0.29) is 33.8 Å². The summed E-state index contributed by atoms with van der Waals surface area (Å²) in [5.74, 6) is 0. The first kappa shape index (κ1) is 43.9. The second-order valence-corrected chi connectivity index (χ2v) is 24.5. The predicted molar refractivity (Wildman–Crippen MR) is 288 cm³/mol. The number of rotatable bonds is 3. The van der Waals surface area contributed by atoms with E-state index in [1.807, 2.05) is 0 Å². The molecule has 0 amide bonds. The summed E-state index contributed by atoms with van der Waals surface area (Å²) in [6, 6.07) is 54.2. The van der Waals surface area contributed by atoms with Crippen LogP contribution in [0.2, 0.25) is 0 Å². The van der Waals surface area contributed by atoms with E-state index in [2.05, 4.69) is 258 Å². The SMILES string of the molecule is CC(C)(C)c1cc(N2c3ccc(C(C)(C)C)cc3B3c4ccc5c(c4N(c4cc(C(C)(C)C)cc(C(C)(C)C)c4)c4cccc2c43)c2ccccc2n5-c2ccccc2)cc(C(C)(C)C)c1. The molecule has 0 spiro atoms. The summed E-state index contributed by atoms with van der Waals surface area (Å²) in [6.07, 6.45) is 0. The van der Waals surface area contributed by atoms with Crippen molar-refractivity contribution in [1.29, 1.82) is 0 Å². The first-order valence-electron chi connectivity index (χ1n) is 24.2. The van der Waals surface area contributed by atoms with Gasteiger partial charge in [0.05, 0.1) is 16.7 Å². The van der Waals surface area contributed by atoms with E-state index < -0.39 is 0 Å². The molecule has 334 valence electrons. The van der Waals surface area contributed by atoms with Crippen molar-refractivity contribution in [3.8, 4) is 5.69 Å². The van der Waals surface area contributed by atoms with Gasteiger partial charge in [-0.15, -0.1) is 0 Å². The molecule has 7 aromatic carbocycles. The predicted octanol–water partition coefficient (Wildman–Crippen LogP) is 15.4. The summed E-state index contributed by atoms with van der Waals surface area (Å²) in [7, 11) is 0. The minimum Gasteiger partial charge on any atom is -0.311 e. The summed E-state index contributed by atoms with van der Waals surface area (Å²) >= 11 is 0. The van der Waals surface area contributed by atoms with E-state index in [1.165, 1.54) is 106 Å². The van der Waals surface area contributed by atoms with Gasteiger partial charge in [0, 0.05) is 44.9 Å². The second-order valence-electron chi connectivity index (χ2n) is 24.5.